The van der Waals surface area contributed by atoms with Gasteiger partial charge in [-0.1, -0.05) is 6.92 Å². The maximum atomic E-state index is 4.97. The lowest BCUT2D eigenvalue weighted by molar-refractivity contribution is 0.210. The van der Waals surface area contributed by atoms with Crippen molar-refractivity contribution in [3.05, 3.63) is 6.20 Å². The summed E-state index contributed by atoms with van der Waals surface area (Å²) in [6, 6.07) is 0. The van der Waals surface area contributed by atoms with E-state index in [1.165, 1.54) is 12.8 Å². The van der Waals surface area contributed by atoms with Crippen LogP contribution in [-0.4, -0.2) is 48.5 Å². The zero-order valence-corrected chi connectivity index (χ0v) is 11.1. The third-order valence-corrected chi connectivity index (χ3v) is 3.24. The van der Waals surface area contributed by atoms with E-state index in [0.717, 1.165) is 24.8 Å². The SMILES string of the molecule is COCCNc1nncc(N2CCC(C)CC2)n1. The molecule has 1 aromatic rings. The monoisotopic (exact) mass is 251 g/mol. The van der Waals surface area contributed by atoms with Crippen molar-refractivity contribution in [2.75, 3.05) is 43.6 Å². The Hall–Kier alpha value is -1.43. The Morgan fingerprint density at radius 2 is 2.22 bits per heavy atom. The fourth-order valence-corrected chi connectivity index (χ4v) is 2.02. The summed E-state index contributed by atoms with van der Waals surface area (Å²) < 4.78 is 4.97. The van der Waals surface area contributed by atoms with E-state index in [4.69, 9.17) is 4.74 Å². The van der Waals surface area contributed by atoms with E-state index in [2.05, 4.69) is 32.3 Å². The largest absolute Gasteiger partial charge is 0.383 e. The van der Waals surface area contributed by atoms with Crippen molar-refractivity contribution in [1.82, 2.24) is 15.2 Å². The predicted octanol–water partition coefficient (Wildman–Crippen LogP) is 1.17. The molecule has 0 spiro atoms. The molecule has 0 aromatic carbocycles. The normalized spacial score (nSPS) is 16.9. The van der Waals surface area contributed by atoms with E-state index in [9.17, 15) is 0 Å². The summed E-state index contributed by atoms with van der Waals surface area (Å²) in [7, 11) is 1.67. The molecule has 0 unspecified atom stereocenters. The summed E-state index contributed by atoms with van der Waals surface area (Å²) in [4.78, 5) is 6.75. The topological polar surface area (TPSA) is 63.2 Å². The summed E-state index contributed by atoms with van der Waals surface area (Å²) in [5.74, 6) is 2.30. The van der Waals surface area contributed by atoms with Crippen molar-refractivity contribution in [1.29, 1.82) is 0 Å². The Bertz CT molecular complexity index is 365. The number of hydrogen-bond acceptors (Lipinski definition) is 6. The lowest BCUT2D eigenvalue weighted by atomic mass is 9.99. The Kier molecular flexibility index (Phi) is 4.69. The molecule has 0 bridgehead atoms. The highest BCUT2D eigenvalue weighted by molar-refractivity contribution is 5.40. The Balaban J connectivity index is 1.94. The molecule has 1 aliphatic heterocycles. The molecule has 0 radical (unpaired) electrons. The number of piperidine rings is 1. The van der Waals surface area contributed by atoms with Crippen LogP contribution in [0.3, 0.4) is 0 Å². The van der Waals surface area contributed by atoms with Crippen molar-refractivity contribution < 1.29 is 4.74 Å². The Morgan fingerprint density at radius 3 is 2.94 bits per heavy atom. The molecule has 100 valence electrons. The van der Waals surface area contributed by atoms with Gasteiger partial charge in [-0.15, -0.1) is 5.10 Å². The number of nitrogens with one attached hydrogen (secondary N) is 1. The van der Waals surface area contributed by atoms with E-state index in [-0.39, 0.29) is 0 Å². The first-order chi connectivity index (χ1) is 8.79. The second-order valence-corrected chi connectivity index (χ2v) is 4.73. The quantitative estimate of drug-likeness (QED) is 0.792. The molecular weight excluding hydrogens is 230 g/mol. The molecule has 1 aromatic heterocycles. The first kappa shape index (κ1) is 13.0. The molecule has 0 atom stereocenters. The van der Waals surface area contributed by atoms with Gasteiger partial charge in [0.25, 0.3) is 0 Å². The molecule has 2 rings (SSSR count). The van der Waals surface area contributed by atoms with Crippen molar-refractivity contribution >= 4 is 11.8 Å². The van der Waals surface area contributed by atoms with Gasteiger partial charge in [0.05, 0.1) is 12.8 Å². The predicted molar refractivity (Wildman–Crippen MR) is 70.8 cm³/mol. The highest BCUT2D eigenvalue weighted by Crippen LogP contribution is 2.20. The zero-order valence-electron chi connectivity index (χ0n) is 11.1. The minimum Gasteiger partial charge on any atom is -0.383 e. The molecule has 1 fully saturated rings. The standard InChI is InChI=1S/C12H21N5O/c1-10-3-6-17(7-4-10)11-9-14-16-12(15-11)13-5-8-18-2/h9-10H,3-8H2,1-2H3,(H,13,15,16). The van der Waals surface area contributed by atoms with Crippen LogP contribution >= 0.6 is 0 Å². The van der Waals surface area contributed by atoms with Crippen LogP contribution in [0.4, 0.5) is 11.8 Å². The number of anilines is 2. The second-order valence-electron chi connectivity index (χ2n) is 4.73. The minimum atomic E-state index is 0.572. The molecule has 2 heterocycles. The van der Waals surface area contributed by atoms with Crippen LogP contribution in [0.1, 0.15) is 19.8 Å². The molecule has 0 amide bonds. The summed E-state index contributed by atoms with van der Waals surface area (Å²) in [6.07, 6.45) is 4.17. The van der Waals surface area contributed by atoms with Gasteiger partial charge in [0.15, 0.2) is 5.82 Å². The van der Waals surface area contributed by atoms with Gasteiger partial charge in [0.2, 0.25) is 5.95 Å². The van der Waals surface area contributed by atoms with Crippen LogP contribution in [0.5, 0.6) is 0 Å². The van der Waals surface area contributed by atoms with Gasteiger partial charge in [0.1, 0.15) is 0 Å². The number of nitrogens with zero attached hydrogens (tertiary/aromatic N) is 4. The van der Waals surface area contributed by atoms with Crippen molar-refractivity contribution in [2.45, 2.75) is 19.8 Å². The number of hydrogen-bond donors (Lipinski definition) is 1. The van der Waals surface area contributed by atoms with Gasteiger partial charge in [0, 0.05) is 26.7 Å². The van der Waals surface area contributed by atoms with Gasteiger partial charge in [-0.2, -0.15) is 10.1 Å². The van der Waals surface area contributed by atoms with Crippen molar-refractivity contribution in [3.8, 4) is 0 Å². The molecule has 1 N–H and O–H groups in total. The van der Waals surface area contributed by atoms with Crippen molar-refractivity contribution in [2.24, 2.45) is 5.92 Å². The Morgan fingerprint density at radius 1 is 1.44 bits per heavy atom. The van der Waals surface area contributed by atoms with Crippen LogP contribution < -0.4 is 10.2 Å². The molecule has 6 heteroatoms. The summed E-state index contributed by atoms with van der Waals surface area (Å²) in [6.45, 7) is 5.73. The maximum Gasteiger partial charge on any atom is 0.244 e. The van der Waals surface area contributed by atoms with Gasteiger partial charge in [-0.05, 0) is 18.8 Å². The smallest absolute Gasteiger partial charge is 0.244 e. The summed E-state index contributed by atoms with van der Waals surface area (Å²) in [5.41, 5.74) is 0. The van der Waals surface area contributed by atoms with Crippen LogP contribution in [0, 0.1) is 5.92 Å². The summed E-state index contributed by atoms with van der Waals surface area (Å²) in [5, 5.41) is 11.1. The van der Waals surface area contributed by atoms with E-state index >= 15 is 0 Å². The number of rotatable bonds is 5. The van der Waals surface area contributed by atoms with E-state index in [0.29, 0.717) is 19.1 Å². The van der Waals surface area contributed by atoms with Gasteiger partial charge in [-0.3, -0.25) is 0 Å². The number of methoxy groups -OCH3 is 1. The lowest BCUT2D eigenvalue weighted by Gasteiger charge is -2.30. The first-order valence-electron chi connectivity index (χ1n) is 6.47. The third kappa shape index (κ3) is 3.53. The third-order valence-electron chi connectivity index (χ3n) is 3.24. The maximum absolute atomic E-state index is 4.97. The average Bonchev–Trinajstić information content (AvgIpc) is 2.40. The van der Waals surface area contributed by atoms with Crippen LogP contribution in [0.15, 0.2) is 6.20 Å². The van der Waals surface area contributed by atoms with Gasteiger partial charge in [-0.25, -0.2) is 0 Å². The molecule has 6 nitrogen and oxygen atoms in total. The van der Waals surface area contributed by atoms with Crippen LogP contribution in [-0.2, 0) is 4.74 Å². The molecule has 18 heavy (non-hydrogen) atoms. The zero-order chi connectivity index (χ0) is 12.8. The van der Waals surface area contributed by atoms with Gasteiger partial charge < -0.3 is 15.0 Å². The molecule has 1 aliphatic rings. The molecule has 0 saturated carbocycles. The minimum absolute atomic E-state index is 0.572. The highest BCUT2D eigenvalue weighted by atomic mass is 16.5. The van der Waals surface area contributed by atoms with E-state index < -0.39 is 0 Å². The molecule has 0 aliphatic carbocycles. The summed E-state index contributed by atoms with van der Waals surface area (Å²) >= 11 is 0. The van der Waals surface area contributed by atoms with Gasteiger partial charge >= 0.3 is 0 Å². The van der Waals surface area contributed by atoms with Crippen LogP contribution in [0.25, 0.3) is 0 Å². The average molecular weight is 251 g/mol. The Labute approximate surface area is 108 Å². The van der Waals surface area contributed by atoms with E-state index in [1.807, 2.05) is 0 Å². The molecule has 1 saturated heterocycles. The lowest BCUT2D eigenvalue weighted by Crippen LogP contribution is -2.33. The number of aromatic nitrogens is 3. The second kappa shape index (κ2) is 6.49. The van der Waals surface area contributed by atoms with Crippen LogP contribution in [0.2, 0.25) is 0 Å². The fraction of sp³-hybridized carbons (Fsp3) is 0.750. The highest BCUT2D eigenvalue weighted by Gasteiger charge is 2.17. The van der Waals surface area contributed by atoms with Crippen molar-refractivity contribution in [3.63, 3.8) is 0 Å². The first-order valence-corrected chi connectivity index (χ1v) is 6.47. The fourth-order valence-electron chi connectivity index (χ4n) is 2.02. The van der Waals surface area contributed by atoms with E-state index in [1.54, 1.807) is 13.3 Å². The molecular formula is C12H21N5O. The number of ether oxygens (including phenoxy) is 1.